The first-order chi connectivity index (χ1) is 7.52. The van der Waals surface area contributed by atoms with Crippen LogP contribution in [0.25, 0.3) is 0 Å². The van der Waals surface area contributed by atoms with Crippen LogP contribution in [0.5, 0.6) is 0 Å². The molecule has 3 N–H and O–H groups in total. The van der Waals surface area contributed by atoms with Crippen LogP contribution in [-0.4, -0.2) is 30.5 Å². The van der Waals surface area contributed by atoms with Crippen LogP contribution in [0, 0.1) is 11.3 Å². The molecule has 0 spiro atoms. The Bertz CT molecular complexity index is 245. The summed E-state index contributed by atoms with van der Waals surface area (Å²) in [6.07, 6.45) is 5.28. The number of nitrogens with one attached hydrogen (secondary N) is 1. The van der Waals surface area contributed by atoms with Gasteiger partial charge < -0.3 is 11.1 Å². The monoisotopic (exact) mass is 280 g/mol. The van der Waals surface area contributed by atoms with Crippen LogP contribution in [0.15, 0.2) is 0 Å². The van der Waals surface area contributed by atoms with E-state index in [1.807, 2.05) is 6.26 Å². The summed E-state index contributed by atoms with van der Waals surface area (Å²) in [6.45, 7) is 5.26. The molecule has 1 fully saturated rings. The Labute approximate surface area is 115 Å². The first-order valence-electron chi connectivity index (χ1n) is 6.04. The predicted octanol–water partition coefficient (Wildman–Crippen LogP) is 2.04. The van der Waals surface area contributed by atoms with Crippen LogP contribution in [0.2, 0.25) is 0 Å². The Balaban J connectivity index is 0.00000256. The highest BCUT2D eigenvalue weighted by Gasteiger charge is 2.45. The van der Waals surface area contributed by atoms with E-state index in [1.54, 1.807) is 11.8 Å². The number of nitrogens with two attached hydrogens (primary N) is 1. The quantitative estimate of drug-likeness (QED) is 0.750. The molecule has 0 heterocycles. The molecular formula is C12H25ClN2OS. The third-order valence-electron chi connectivity index (χ3n) is 3.70. The largest absolute Gasteiger partial charge is 0.354 e. The minimum Gasteiger partial charge on any atom is -0.354 e. The molecule has 1 rings (SSSR count). The van der Waals surface area contributed by atoms with Crippen LogP contribution in [0.1, 0.15) is 33.1 Å². The molecule has 1 amide bonds. The van der Waals surface area contributed by atoms with Gasteiger partial charge in [-0.25, -0.2) is 0 Å². The number of amides is 1. The van der Waals surface area contributed by atoms with E-state index in [0.717, 1.165) is 18.7 Å². The number of carbonyl (C=O) groups is 1. The van der Waals surface area contributed by atoms with Gasteiger partial charge in [0.25, 0.3) is 0 Å². The van der Waals surface area contributed by atoms with Crippen molar-refractivity contribution in [3.63, 3.8) is 0 Å². The van der Waals surface area contributed by atoms with E-state index in [2.05, 4.69) is 19.2 Å². The molecular weight excluding hydrogens is 256 g/mol. The fourth-order valence-electron chi connectivity index (χ4n) is 1.89. The third kappa shape index (κ3) is 5.06. The van der Waals surface area contributed by atoms with Gasteiger partial charge in [-0.1, -0.05) is 13.8 Å². The highest BCUT2D eigenvalue weighted by atomic mass is 35.5. The summed E-state index contributed by atoms with van der Waals surface area (Å²) >= 11 is 1.73. The number of halogens is 1. The zero-order chi connectivity index (χ0) is 12.2. The average molecular weight is 281 g/mol. The van der Waals surface area contributed by atoms with Crippen LogP contribution in [-0.2, 0) is 4.79 Å². The number of hydrogen-bond acceptors (Lipinski definition) is 3. The summed E-state index contributed by atoms with van der Waals surface area (Å²) in [7, 11) is 0. The number of rotatable bonds is 7. The van der Waals surface area contributed by atoms with Crippen molar-refractivity contribution < 1.29 is 4.79 Å². The summed E-state index contributed by atoms with van der Waals surface area (Å²) in [4.78, 5) is 11.7. The molecule has 0 bridgehead atoms. The molecule has 1 atom stereocenters. The van der Waals surface area contributed by atoms with Crippen molar-refractivity contribution in [1.82, 2.24) is 5.32 Å². The molecule has 0 aromatic heterocycles. The first-order valence-corrected chi connectivity index (χ1v) is 7.43. The third-order valence-corrected chi connectivity index (χ3v) is 4.35. The lowest BCUT2D eigenvalue weighted by Crippen LogP contribution is -2.43. The molecule has 0 radical (unpaired) electrons. The molecule has 0 unspecified atom stereocenters. The highest BCUT2D eigenvalue weighted by Crippen LogP contribution is 2.51. The maximum absolute atomic E-state index is 11.7. The molecule has 0 aromatic carbocycles. The van der Waals surface area contributed by atoms with Crippen molar-refractivity contribution in [2.24, 2.45) is 17.1 Å². The topological polar surface area (TPSA) is 55.1 Å². The Morgan fingerprint density at radius 3 is 2.47 bits per heavy atom. The minimum atomic E-state index is -0.338. The average Bonchev–Trinajstić information content (AvgIpc) is 3.03. The van der Waals surface area contributed by atoms with E-state index >= 15 is 0 Å². The second kappa shape index (κ2) is 7.49. The van der Waals surface area contributed by atoms with Gasteiger partial charge in [0, 0.05) is 6.54 Å². The lowest BCUT2D eigenvalue weighted by Gasteiger charge is -2.21. The van der Waals surface area contributed by atoms with Crippen molar-refractivity contribution in [2.75, 3.05) is 18.6 Å². The molecule has 3 nitrogen and oxygen atoms in total. The summed E-state index contributed by atoms with van der Waals surface area (Å²) in [5.41, 5.74) is 6.17. The minimum absolute atomic E-state index is 0. The van der Waals surface area contributed by atoms with Gasteiger partial charge in [0.05, 0.1) is 6.04 Å². The van der Waals surface area contributed by atoms with Crippen LogP contribution >= 0.6 is 24.2 Å². The summed E-state index contributed by atoms with van der Waals surface area (Å²) in [6, 6.07) is -0.338. The first kappa shape index (κ1) is 17.1. The maximum atomic E-state index is 11.7. The number of carbonyl (C=O) groups excluding carboxylic acids is 1. The van der Waals surface area contributed by atoms with Crippen LogP contribution in [0.4, 0.5) is 0 Å². The van der Waals surface area contributed by atoms with Gasteiger partial charge in [-0.2, -0.15) is 11.8 Å². The van der Waals surface area contributed by atoms with Gasteiger partial charge in [0.2, 0.25) is 5.91 Å². The SMILES string of the molecule is CSCC[C@H](N)C(=O)NCC1(C(C)C)CC1.Cl. The smallest absolute Gasteiger partial charge is 0.236 e. The van der Waals surface area contributed by atoms with E-state index in [4.69, 9.17) is 5.73 Å². The normalized spacial score (nSPS) is 18.4. The van der Waals surface area contributed by atoms with E-state index in [9.17, 15) is 4.79 Å². The number of hydrogen-bond donors (Lipinski definition) is 2. The lowest BCUT2D eigenvalue weighted by molar-refractivity contribution is -0.122. The van der Waals surface area contributed by atoms with Crippen molar-refractivity contribution in [3.8, 4) is 0 Å². The second-order valence-corrected chi connectivity index (χ2v) is 6.11. The van der Waals surface area contributed by atoms with Gasteiger partial charge in [-0.15, -0.1) is 12.4 Å². The molecule has 0 aliphatic heterocycles. The Kier molecular flexibility index (Phi) is 7.52. The summed E-state index contributed by atoms with van der Waals surface area (Å²) in [5.74, 6) is 1.61. The zero-order valence-electron chi connectivity index (χ0n) is 11.0. The summed E-state index contributed by atoms with van der Waals surface area (Å²) < 4.78 is 0. The van der Waals surface area contributed by atoms with E-state index in [1.165, 1.54) is 12.8 Å². The van der Waals surface area contributed by atoms with Gasteiger partial charge in [0.1, 0.15) is 0 Å². The van der Waals surface area contributed by atoms with Crippen molar-refractivity contribution in [1.29, 1.82) is 0 Å². The molecule has 1 aliphatic rings. The molecule has 1 aliphatic carbocycles. The fourth-order valence-corrected chi connectivity index (χ4v) is 2.38. The molecule has 1 saturated carbocycles. The van der Waals surface area contributed by atoms with Crippen molar-refractivity contribution in [3.05, 3.63) is 0 Å². The molecule has 0 aromatic rings. The zero-order valence-corrected chi connectivity index (χ0v) is 12.6. The fraction of sp³-hybridized carbons (Fsp3) is 0.917. The van der Waals surface area contributed by atoms with E-state index in [-0.39, 0.29) is 24.4 Å². The molecule has 17 heavy (non-hydrogen) atoms. The predicted molar refractivity (Wildman–Crippen MR) is 77.7 cm³/mol. The van der Waals surface area contributed by atoms with Crippen molar-refractivity contribution in [2.45, 2.75) is 39.2 Å². The highest BCUT2D eigenvalue weighted by molar-refractivity contribution is 7.98. The van der Waals surface area contributed by atoms with Crippen molar-refractivity contribution >= 4 is 30.1 Å². The summed E-state index contributed by atoms with van der Waals surface area (Å²) in [5, 5.41) is 3.00. The maximum Gasteiger partial charge on any atom is 0.236 e. The Morgan fingerprint density at radius 2 is 2.06 bits per heavy atom. The Morgan fingerprint density at radius 1 is 1.47 bits per heavy atom. The second-order valence-electron chi connectivity index (χ2n) is 5.12. The van der Waals surface area contributed by atoms with E-state index < -0.39 is 0 Å². The lowest BCUT2D eigenvalue weighted by atomic mass is 9.92. The van der Waals surface area contributed by atoms with Gasteiger partial charge in [-0.3, -0.25) is 4.79 Å². The van der Waals surface area contributed by atoms with Gasteiger partial charge >= 0.3 is 0 Å². The number of thioether (sulfide) groups is 1. The molecule has 102 valence electrons. The van der Waals surface area contributed by atoms with Gasteiger partial charge in [-0.05, 0) is 42.6 Å². The molecule has 0 saturated heterocycles. The van der Waals surface area contributed by atoms with Crippen LogP contribution in [0.3, 0.4) is 0 Å². The molecule has 5 heteroatoms. The Hall–Kier alpha value is 0.0700. The standard InChI is InChI=1S/C12H24N2OS.ClH/c1-9(2)12(5-6-12)8-14-11(15)10(13)4-7-16-3;/h9-10H,4-8,13H2,1-3H3,(H,14,15);1H/t10-;/m0./s1. The van der Waals surface area contributed by atoms with Crippen LogP contribution < -0.4 is 11.1 Å². The van der Waals surface area contributed by atoms with Gasteiger partial charge in [0.15, 0.2) is 0 Å². The van der Waals surface area contributed by atoms with E-state index in [0.29, 0.717) is 11.3 Å².